The van der Waals surface area contributed by atoms with Gasteiger partial charge >= 0.3 is 0 Å². The molecule has 0 spiro atoms. The second kappa shape index (κ2) is 7.04. The molecule has 26 heavy (non-hydrogen) atoms. The minimum absolute atomic E-state index is 0.0939. The Labute approximate surface area is 152 Å². The normalized spacial score (nSPS) is 15.8. The summed E-state index contributed by atoms with van der Waals surface area (Å²) in [4.78, 5) is 12.6. The van der Waals surface area contributed by atoms with Gasteiger partial charge < -0.3 is 10.1 Å². The average Bonchev–Trinajstić information content (AvgIpc) is 3.08. The molecule has 132 valence electrons. The van der Waals surface area contributed by atoms with Crippen LogP contribution in [0, 0.1) is 12.8 Å². The third-order valence-electron chi connectivity index (χ3n) is 4.76. The molecule has 1 unspecified atom stereocenters. The highest BCUT2D eigenvalue weighted by Crippen LogP contribution is 2.26. The molecule has 5 heteroatoms. The molecule has 4 rings (SSSR count). The van der Waals surface area contributed by atoms with E-state index < -0.39 is 0 Å². The third kappa shape index (κ3) is 3.20. The lowest BCUT2D eigenvalue weighted by atomic mass is 9.96. The van der Waals surface area contributed by atoms with Gasteiger partial charge in [0.2, 0.25) is 0 Å². The number of nitrogens with one attached hydrogen (secondary N) is 1. The predicted molar refractivity (Wildman–Crippen MR) is 99.8 cm³/mol. The Hall–Kier alpha value is -3.08. The van der Waals surface area contributed by atoms with E-state index in [-0.39, 0.29) is 11.8 Å². The van der Waals surface area contributed by atoms with Crippen LogP contribution < -0.4 is 10.1 Å². The topological polar surface area (TPSA) is 56.1 Å². The van der Waals surface area contributed by atoms with E-state index in [4.69, 9.17) is 4.74 Å². The van der Waals surface area contributed by atoms with Gasteiger partial charge in [-0.2, -0.15) is 5.10 Å². The van der Waals surface area contributed by atoms with Gasteiger partial charge in [0.25, 0.3) is 5.91 Å². The number of benzene rings is 2. The monoisotopic (exact) mass is 347 g/mol. The molecule has 1 aliphatic rings. The molecule has 0 saturated heterocycles. The van der Waals surface area contributed by atoms with Crippen molar-refractivity contribution in [2.24, 2.45) is 5.92 Å². The van der Waals surface area contributed by atoms with Crippen LogP contribution in [0.2, 0.25) is 0 Å². The molecular formula is C21H21N3O2. The Morgan fingerprint density at radius 2 is 1.96 bits per heavy atom. The SMILES string of the molecule is Cc1c(C(=O)NCC2COc3ccccc3C2)cnn1-c1ccccc1. The van der Waals surface area contributed by atoms with E-state index in [2.05, 4.69) is 16.5 Å². The third-order valence-corrected chi connectivity index (χ3v) is 4.76. The van der Waals surface area contributed by atoms with E-state index >= 15 is 0 Å². The largest absolute Gasteiger partial charge is 0.493 e. The Morgan fingerprint density at radius 1 is 1.19 bits per heavy atom. The molecule has 0 aliphatic carbocycles. The van der Waals surface area contributed by atoms with Crippen molar-refractivity contribution in [3.05, 3.63) is 77.6 Å². The van der Waals surface area contributed by atoms with E-state index in [1.807, 2.05) is 55.5 Å². The maximum absolute atomic E-state index is 12.6. The van der Waals surface area contributed by atoms with Gasteiger partial charge in [-0.05, 0) is 37.1 Å². The van der Waals surface area contributed by atoms with Crippen molar-refractivity contribution in [1.82, 2.24) is 15.1 Å². The number of aromatic nitrogens is 2. The lowest BCUT2D eigenvalue weighted by Crippen LogP contribution is -2.35. The molecule has 3 aromatic rings. The zero-order valence-electron chi connectivity index (χ0n) is 14.7. The number of nitrogens with zero attached hydrogens (tertiary/aromatic N) is 2. The van der Waals surface area contributed by atoms with Crippen molar-refractivity contribution in [2.45, 2.75) is 13.3 Å². The van der Waals surface area contributed by atoms with Crippen LogP contribution >= 0.6 is 0 Å². The van der Waals surface area contributed by atoms with Gasteiger partial charge in [-0.15, -0.1) is 0 Å². The van der Waals surface area contributed by atoms with Gasteiger partial charge in [0.05, 0.1) is 29.7 Å². The fraction of sp³-hybridized carbons (Fsp3) is 0.238. The lowest BCUT2D eigenvalue weighted by molar-refractivity contribution is 0.0938. The summed E-state index contributed by atoms with van der Waals surface area (Å²) in [5, 5.41) is 7.40. The van der Waals surface area contributed by atoms with Crippen LogP contribution in [0.15, 0.2) is 60.8 Å². The number of carbonyl (C=O) groups is 1. The maximum Gasteiger partial charge on any atom is 0.254 e. The van der Waals surface area contributed by atoms with E-state index in [0.29, 0.717) is 18.7 Å². The molecule has 1 atom stereocenters. The van der Waals surface area contributed by atoms with E-state index in [0.717, 1.165) is 23.6 Å². The highest BCUT2D eigenvalue weighted by Gasteiger charge is 2.21. The van der Waals surface area contributed by atoms with Crippen molar-refractivity contribution < 1.29 is 9.53 Å². The molecule has 2 aromatic carbocycles. The van der Waals surface area contributed by atoms with Crippen molar-refractivity contribution >= 4 is 5.91 Å². The van der Waals surface area contributed by atoms with Crippen molar-refractivity contribution in [3.8, 4) is 11.4 Å². The minimum Gasteiger partial charge on any atom is -0.493 e. The fourth-order valence-electron chi connectivity index (χ4n) is 3.32. The molecule has 1 aliphatic heterocycles. The summed E-state index contributed by atoms with van der Waals surface area (Å²) < 4.78 is 7.58. The van der Waals surface area contributed by atoms with Crippen molar-refractivity contribution in [2.75, 3.05) is 13.2 Å². The number of para-hydroxylation sites is 2. The number of hydrogen-bond acceptors (Lipinski definition) is 3. The van der Waals surface area contributed by atoms with Crippen molar-refractivity contribution in [3.63, 3.8) is 0 Å². The second-order valence-electron chi connectivity index (χ2n) is 6.59. The molecule has 0 fully saturated rings. The smallest absolute Gasteiger partial charge is 0.254 e. The maximum atomic E-state index is 12.6. The Balaban J connectivity index is 1.41. The van der Waals surface area contributed by atoms with Crippen LogP contribution in [0.1, 0.15) is 21.6 Å². The molecule has 0 radical (unpaired) electrons. The molecule has 5 nitrogen and oxygen atoms in total. The summed E-state index contributed by atoms with van der Waals surface area (Å²) in [6.45, 7) is 3.12. The number of rotatable bonds is 4. The molecule has 0 bridgehead atoms. The summed E-state index contributed by atoms with van der Waals surface area (Å²) in [5.41, 5.74) is 3.58. The van der Waals surface area contributed by atoms with Crippen LogP contribution in [-0.2, 0) is 6.42 Å². The number of ether oxygens (including phenoxy) is 1. The lowest BCUT2D eigenvalue weighted by Gasteiger charge is -2.25. The highest BCUT2D eigenvalue weighted by atomic mass is 16.5. The molecule has 1 amide bonds. The fourth-order valence-corrected chi connectivity index (χ4v) is 3.32. The first kappa shape index (κ1) is 16.4. The average molecular weight is 347 g/mol. The summed E-state index contributed by atoms with van der Waals surface area (Å²) in [6.07, 6.45) is 2.54. The van der Waals surface area contributed by atoms with Crippen LogP contribution in [-0.4, -0.2) is 28.8 Å². The zero-order valence-corrected chi connectivity index (χ0v) is 14.7. The number of hydrogen-bond donors (Lipinski definition) is 1. The van der Waals surface area contributed by atoms with Crippen LogP contribution in [0.5, 0.6) is 5.75 Å². The summed E-state index contributed by atoms with van der Waals surface area (Å²) in [7, 11) is 0. The molecule has 2 heterocycles. The van der Waals surface area contributed by atoms with Gasteiger partial charge in [0.1, 0.15) is 5.75 Å². The molecular weight excluding hydrogens is 326 g/mol. The minimum atomic E-state index is -0.0939. The van der Waals surface area contributed by atoms with Gasteiger partial charge in [-0.25, -0.2) is 4.68 Å². The predicted octanol–water partition coefficient (Wildman–Crippen LogP) is 3.16. The van der Waals surface area contributed by atoms with Crippen LogP contribution in [0.3, 0.4) is 0 Å². The highest BCUT2D eigenvalue weighted by molar-refractivity contribution is 5.95. The first-order valence-corrected chi connectivity index (χ1v) is 8.81. The van der Waals surface area contributed by atoms with Gasteiger partial charge in [-0.3, -0.25) is 4.79 Å². The first-order chi connectivity index (χ1) is 12.7. The van der Waals surface area contributed by atoms with Gasteiger partial charge in [0.15, 0.2) is 0 Å². The molecule has 1 N–H and O–H groups in total. The number of carbonyl (C=O) groups excluding carboxylic acids is 1. The zero-order chi connectivity index (χ0) is 17.9. The van der Waals surface area contributed by atoms with Crippen LogP contribution in [0.25, 0.3) is 5.69 Å². The Kier molecular flexibility index (Phi) is 4.44. The standard InChI is InChI=1S/C21H21N3O2/c1-15-19(13-23-24(15)18-8-3-2-4-9-18)21(25)22-12-16-11-17-7-5-6-10-20(17)26-14-16/h2-10,13,16H,11-12,14H2,1H3,(H,22,25). The number of fused-ring (bicyclic) bond motifs is 1. The Bertz CT molecular complexity index is 918. The molecule has 1 aromatic heterocycles. The van der Waals surface area contributed by atoms with E-state index in [9.17, 15) is 4.79 Å². The summed E-state index contributed by atoms with van der Waals surface area (Å²) in [5.74, 6) is 1.14. The molecule has 0 saturated carbocycles. The van der Waals surface area contributed by atoms with E-state index in [1.165, 1.54) is 5.56 Å². The summed E-state index contributed by atoms with van der Waals surface area (Å²) >= 11 is 0. The van der Waals surface area contributed by atoms with Crippen LogP contribution in [0.4, 0.5) is 0 Å². The van der Waals surface area contributed by atoms with Gasteiger partial charge in [0, 0.05) is 12.5 Å². The summed E-state index contributed by atoms with van der Waals surface area (Å²) in [6, 6.07) is 17.9. The van der Waals surface area contributed by atoms with Crippen molar-refractivity contribution in [1.29, 1.82) is 0 Å². The second-order valence-corrected chi connectivity index (χ2v) is 6.59. The Morgan fingerprint density at radius 3 is 2.81 bits per heavy atom. The number of amides is 1. The first-order valence-electron chi connectivity index (χ1n) is 8.81. The van der Waals surface area contributed by atoms with Gasteiger partial charge in [-0.1, -0.05) is 36.4 Å². The van der Waals surface area contributed by atoms with E-state index in [1.54, 1.807) is 10.9 Å². The quantitative estimate of drug-likeness (QED) is 0.789.